The molecule has 5 nitrogen and oxygen atoms in total. The lowest BCUT2D eigenvalue weighted by atomic mass is 9.92. The number of carbonyl (C=O) groups is 1. The van der Waals surface area contributed by atoms with Crippen molar-refractivity contribution < 1.29 is 19.5 Å². The van der Waals surface area contributed by atoms with E-state index in [9.17, 15) is 15.1 Å². The second-order valence-corrected chi connectivity index (χ2v) is 9.15. The Balaban J connectivity index is 1.37. The van der Waals surface area contributed by atoms with Crippen LogP contribution in [0.5, 0.6) is 0 Å². The Morgan fingerprint density at radius 3 is 2.61 bits per heavy atom. The van der Waals surface area contributed by atoms with E-state index in [1.807, 2.05) is 36.4 Å². The second-order valence-electron chi connectivity index (χ2n) is 9.15. The molecule has 3 aromatic rings. The van der Waals surface area contributed by atoms with Crippen LogP contribution in [-0.4, -0.2) is 22.0 Å². The van der Waals surface area contributed by atoms with Crippen molar-refractivity contribution in [3.8, 4) is 0 Å². The van der Waals surface area contributed by atoms with Crippen LogP contribution in [0.3, 0.4) is 0 Å². The van der Waals surface area contributed by atoms with Gasteiger partial charge in [0.1, 0.15) is 11.3 Å². The molecule has 1 unspecified atom stereocenters. The number of hydrogen-bond acceptors (Lipinski definition) is 4. The van der Waals surface area contributed by atoms with Gasteiger partial charge in [-0.1, -0.05) is 66.9 Å². The quantitative estimate of drug-likeness (QED) is 0.118. The van der Waals surface area contributed by atoms with Crippen molar-refractivity contribution in [2.45, 2.75) is 70.6 Å². The minimum Gasteiger partial charge on any atom is -0.481 e. The van der Waals surface area contributed by atoms with Crippen LogP contribution in [0, 0.1) is 5.92 Å². The molecule has 0 fully saturated rings. The summed E-state index contributed by atoms with van der Waals surface area (Å²) in [4.78, 5) is 11.9. The molecule has 1 aliphatic rings. The van der Waals surface area contributed by atoms with Crippen LogP contribution >= 0.6 is 0 Å². The van der Waals surface area contributed by atoms with Gasteiger partial charge in [-0.2, -0.15) is 0 Å². The van der Waals surface area contributed by atoms with Gasteiger partial charge in [0.15, 0.2) is 0 Å². The molecule has 1 heterocycles. The van der Waals surface area contributed by atoms with Gasteiger partial charge in [0.2, 0.25) is 0 Å². The van der Waals surface area contributed by atoms with E-state index in [4.69, 9.17) is 4.42 Å². The van der Waals surface area contributed by atoms with Crippen LogP contribution < -0.4 is 0 Å². The van der Waals surface area contributed by atoms with Crippen molar-refractivity contribution in [2.24, 2.45) is 11.1 Å². The fourth-order valence-electron chi connectivity index (χ4n) is 4.92. The van der Waals surface area contributed by atoms with E-state index in [0.717, 1.165) is 67.2 Å². The average molecular weight is 448 g/mol. The summed E-state index contributed by atoms with van der Waals surface area (Å²) in [6, 6.07) is 16.2. The molecular formula is C28H33NO4. The summed E-state index contributed by atoms with van der Waals surface area (Å²) < 4.78 is 6.13. The van der Waals surface area contributed by atoms with Crippen molar-refractivity contribution in [3.63, 3.8) is 0 Å². The van der Waals surface area contributed by atoms with E-state index in [-0.39, 0.29) is 6.42 Å². The Morgan fingerprint density at radius 1 is 1.00 bits per heavy atom. The number of aliphatic carboxylic acids is 1. The third-order valence-electron chi connectivity index (χ3n) is 6.81. The lowest BCUT2D eigenvalue weighted by molar-refractivity contribution is -0.141. The Morgan fingerprint density at radius 2 is 1.82 bits per heavy atom. The van der Waals surface area contributed by atoms with Crippen molar-refractivity contribution in [2.75, 3.05) is 0 Å². The molecule has 0 radical (unpaired) electrons. The Bertz CT molecular complexity index is 1100. The highest BCUT2D eigenvalue weighted by atomic mass is 16.4. The lowest BCUT2D eigenvalue weighted by Crippen LogP contribution is -2.19. The molecule has 0 amide bonds. The number of aryl methyl sites for hydroxylation is 3. The molecule has 174 valence electrons. The summed E-state index contributed by atoms with van der Waals surface area (Å²) in [5.74, 6) is -0.345. The van der Waals surface area contributed by atoms with E-state index in [1.165, 1.54) is 24.0 Å². The summed E-state index contributed by atoms with van der Waals surface area (Å²) in [6.07, 6.45) is 10.2. The first kappa shape index (κ1) is 23.1. The summed E-state index contributed by atoms with van der Waals surface area (Å²) in [5, 5.41) is 24.0. The first-order chi connectivity index (χ1) is 16.2. The molecule has 33 heavy (non-hydrogen) atoms. The maximum atomic E-state index is 11.9. The van der Waals surface area contributed by atoms with Gasteiger partial charge in [-0.25, -0.2) is 0 Å². The highest BCUT2D eigenvalue weighted by Gasteiger charge is 2.22. The number of benzene rings is 2. The van der Waals surface area contributed by atoms with Crippen molar-refractivity contribution in [1.29, 1.82) is 0 Å². The van der Waals surface area contributed by atoms with E-state index in [2.05, 4.69) is 17.3 Å². The van der Waals surface area contributed by atoms with Crippen molar-refractivity contribution in [1.82, 2.24) is 0 Å². The maximum absolute atomic E-state index is 11.9. The zero-order valence-corrected chi connectivity index (χ0v) is 19.1. The minimum absolute atomic E-state index is 0.205. The topological polar surface area (TPSA) is 83.0 Å². The van der Waals surface area contributed by atoms with E-state index >= 15 is 0 Å². The molecule has 1 aliphatic carbocycles. The Hall–Kier alpha value is -3.08. The molecule has 0 saturated heterocycles. The first-order valence-electron chi connectivity index (χ1n) is 12.2. The van der Waals surface area contributed by atoms with Gasteiger partial charge in [-0.05, 0) is 50.2 Å². The molecule has 1 aromatic heterocycles. The fourth-order valence-corrected chi connectivity index (χ4v) is 4.92. The molecular weight excluding hydrogens is 414 g/mol. The lowest BCUT2D eigenvalue weighted by Gasteiger charge is -2.13. The number of hydrogen-bond donors (Lipinski definition) is 2. The van der Waals surface area contributed by atoms with Crippen LogP contribution in [0.4, 0.5) is 0 Å². The zero-order valence-electron chi connectivity index (χ0n) is 19.1. The normalized spacial score (nSPS) is 15.2. The van der Waals surface area contributed by atoms with Crippen molar-refractivity contribution in [3.05, 3.63) is 71.0 Å². The smallest absolute Gasteiger partial charge is 0.306 e. The molecule has 0 aliphatic heterocycles. The van der Waals surface area contributed by atoms with Crippen LogP contribution in [-0.2, 0) is 24.1 Å². The van der Waals surface area contributed by atoms with E-state index in [1.54, 1.807) is 0 Å². The number of unbranched alkanes of at least 4 members (excludes halogenated alkanes) is 2. The number of carboxylic acids is 1. The van der Waals surface area contributed by atoms with Crippen LogP contribution in [0.25, 0.3) is 11.0 Å². The molecule has 0 bridgehead atoms. The first-order valence-corrected chi connectivity index (χ1v) is 12.2. The standard InChI is InChI=1S/C28H33NO4/c30-28(31)22(13-7-2-6-12-20-10-4-1-5-11-20)18-25(29-32)21-16-17-24-23-14-8-3-9-15-26(23)33-27(24)19-21/h1,4-5,10-11,16-17,19,22,32H,2-3,6-9,12-15,18H2,(H,30,31)/b29-25-. The van der Waals surface area contributed by atoms with Gasteiger partial charge in [-0.3, -0.25) is 4.79 Å². The largest absolute Gasteiger partial charge is 0.481 e. The predicted octanol–water partition coefficient (Wildman–Crippen LogP) is 6.77. The number of fused-ring (bicyclic) bond motifs is 3. The minimum atomic E-state index is -0.843. The van der Waals surface area contributed by atoms with E-state index in [0.29, 0.717) is 12.1 Å². The van der Waals surface area contributed by atoms with Gasteiger partial charge >= 0.3 is 5.97 Å². The molecule has 0 spiro atoms. The number of carboxylic acid groups (broad SMARTS) is 1. The third kappa shape index (κ3) is 5.84. The number of rotatable bonds is 10. The molecule has 1 atom stereocenters. The molecule has 0 saturated carbocycles. The number of oxime groups is 1. The molecule has 2 N–H and O–H groups in total. The molecule has 4 rings (SSSR count). The fraction of sp³-hybridized carbons (Fsp3) is 0.429. The molecule has 2 aromatic carbocycles. The van der Waals surface area contributed by atoms with Crippen LogP contribution in [0.15, 0.2) is 58.1 Å². The highest BCUT2D eigenvalue weighted by Crippen LogP contribution is 2.32. The second kappa shape index (κ2) is 11.2. The summed E-state index contributed by atoms with van der Waals surface area (Å²) in [7, 11) is 0. The van der Waals surface area contributed by atoms with Crippen LogP contribution in [0.2, 0.25) is 0 Å². The highest BCUT2D eigenvalue weighted by molar-refractivity contribution is 6.04. The summed E-state index contributed by atoms with van der Waals surface area (Å²) in [5.41, 5.74) is 4.54. The predicted molar refractivity (Wildman–Crippen MR) is 130 cm³/mol. The Kier molecular flexibility index (Phi) is 7.82. The maximum Gasteiger partial charge on any atom is 0.306 e. The summed E-state index contributed by atoms with van der Waals surface area (Å²) in [6.45, 7) is 0. The van der Waals surface area contributed by atoms with Gasteiger partial charge in [0.05, 0.1) is 11.6 Å². The van der Waals surface area contributed by atoms with Gasteiger partial charge in [0.25, 0.3) is 0 Å². The van der Waals surface area contributed by atoms with Gasteiger partial charge < -0.3 is 14.7 Å². The Labute approximate surface area is 195 Å². The SMILES string of the molecule is O=C(O)C(CCCCCc1ccccc1)C/C(=N/O)c1ccc2c3c(oc2c1)CCCCC3. The van der Waals surface area contributed by atoms with Gasteiger partial charge in [0, 0.05) is 29.4 Å². The van der Waals surface area contributed by atoms with Crippen LogP contribution in [0.1, 0.15) is 73.8 Å². The van der Waals surface area contributed by atoms with Gasteiger partial charge in [-0.15, -0.1) is 0 Å². The average Bonchev–Trinajstić information content (AvgIpc) is 3.00. The molecule has 5 heteroatoms. The monoisotopic (exact) mass is 447 g/mol. The van der Waals surface area contributed by atoms with E-state index < -0.39 is 11.9 Å². The van der Waals surface area contributed by atoms with Crippen molar-refractivity contribution >= 4 is 22.7 Å². The zero-order chi connectivity index (χ0) is 23.0. The summed E-state index contributed by atoms with van der Waals surface area (Å²) >= 11 is 0. The number of nitrogens with zero attached hydrogens (tertiary/aromatic N) is 1. The number of furan rings is 1. The third-order valence-corrected chi connectivity index (χ3v) is 6.81.